The molecular weight excluding hydrogens is 226 g/mol. The van der Waals surface area contributed by atoms with Crippen LogP contribution in [-0.2, 0) is 22.7 Å². The maximum absolute atomic E-state index is 5.97. The first-order valence-corrected chi connectivity index (χ1v) is 6.85. The minimum atomic E-state index is -0.0280. The second-order valence-corrected chi connectivity index (χ2v) is 5.35. The van der Waals surface area contributed by atoms with Crippen LogP contribution < -0.4 is 5.32 Å². The topological polar surface area (TPSA) is 30.5 Å². The molecule has 1 aromatic carbocycles. The molecular formula is C15H21NO2. The second-order valence-electron chi connectivity index (χ2n) is 5.35. The lowest BCUT2D eigenvalue weighted by molar-refractivity contribution is -0.182. The van der Waals surface area contributed by atoms with Crippen LogP contribution in [0.15, 0.2) is 18.2 Å². The smallest absolute Gasteiger partial charge is 0.161 e. The highest BCUT2D eigenvalue weighted by Gasteiger charge is 2.27. The molecule has 2 aliphatic heterocycles. The Balaban J connectivity index is 1.70. The molecule has 3 nitrogen and oxygen atoms in total. The number of hydrogen-bond acceptors (Lipinski definition) is 3. The van der Waals surface area contributed by atoms with E-state index in [0.717, 1.165) is 25.9 Å². The Kier molecular flexibility index (Phi) is 3.64. The summed E-state index contributed by atoms with van der Waals surface area (Å²) < 4.78 is 11.9. The van der Waals surface area contributed by atoms with Gasteiger partial charge >= 0.3 is 0 Å². The third kappa shape index (κ3) is 2.58. The lowest BCUT2D eigenvalue weighted by Gasteiger charge is -2.29. The van der Waals surface area contributed by atoms with Gasteiger partial charge in [0.25, 0.3) is 0 Å². The standard InChI is InChI=1S/C15H21NO2/c1-11-2-3-13-9-17-15(18-10-14(13)8-11)12-4-6-16-7-5-12/h2-3,8,12,15-16H,4-7,9-10H2,1H3. The lowest BCUT2D eigenvalue weighted by Crippen LogP contribution is -2.36. The quantitative estimate of drug-likeness (QED) is 0.826. The van der Waals surface area contributed by atoms with Crippen LogP contribution in [0, 0.1) is 12.8 Å². The summed E-state index contributed by atoms with van der Waals surface area (Å²) in [7, 11) is 0. The molecule has 1 fully saturated rings. The molecule has 18 heavy (non-hydrogen) atoms. The zero-order valence-electron chi connectivity index (χ0n) is 10.9. The highest BCUT2D eigenvalue weighted by atomic mass is 16.7. The van der Waals surface area contributed by atoms with Gasteiger partial charge in [0.05, 0.1) is 13.2 Å². The predicted molar refractivity (Wildman–Crippen MR) is 70.1 cm³/mol. The van der Waals surface area contributed by atoms with Crippen molar-refractivity contribution in [1.29, 1.82) is 0 Å². The largest absolute Gasteiger partial charge is 0.348 e. The van der Waals surface area contributed by atoms with Crippen LogP contribution in [-0.4, -0.2) is 19.4 Å². The maximum Gasteiger partial charge on any atom is 0.161 e. The average Bonchev–Trinajstić information content (AvgIpc) is 2.62. The Morgan fingerprint density at radius 3 is 2.56 bits per heavy atom. The SMILES string of the molecule is Cc1ccc2c(c1)COC(C1CCNCC1)OC2. The molecule has 3 rings (SSSR count). The Hall–Kier alpha value is -0.900. The molecule has 3 heteroatoms. The minimum absolute atomic E-state index is 0.0280. The minimum Gasteiger partial charge on any atom is -0.348 e. The van der Waals surface area contributed by atoms with E-state index in [2.05, 4.69) is 30.4 Å². The van der Waals surface area contributed by atoms with Crippen molar-refractivity contribution in [3.63, 3.8) is 0 Å². The van der Waals surface area contributed by atoms with Crippen LogP contribution in [0.5, 0.6) is 0 Å². The third-order valence-electron chi connectivity index (χ3n) is 3.94. The van der Waals surface area contributed by atoms with Gasteiger partial charge in [-0.05, 0) is 44.0 Å². The monoisotopic (exact) mass is 247 g/mol. The van der Waals surface area contributed by atoms with Crippen molar-refractivity contribution >= 4 is 0 Å². The first-order valence-electron chi connectivity index (χ1n) is 6.85. The summed E-state index contributed by atoms with van der Waals surface area (Å²) in [6.07, 6.45) is 2.28. The van der Waals surface area contributed by atoms with E-state index in [1.54, 1.807) is 0 Å². The molecule has 0 aliphatic carbocycles. The van der Waals surface area contributed by atoms with Crippen LogP contribution in [0.25, 0.3) is 0 Å². The van der Waals surface area contributed by atoms with Gasteiger partial charge in [0, 0.05) is 5.92 Å². The van der Waals surface area contributed by atoms with Crippen LogP contribution >= 0.6 is 0 Å². The first kappa shape index (κ1) is 12.2. The van der Waals surface area contributed by atoms with Gasteiger partial charge in [0.1, 0.15) is 0 Å². The summed E-state index contributed by atoms with van der Waals surface area (Å²) >= 11 is 0. The predicted octanol–water partition coefficient (Wildman–Crippen LogP) is 2.37. The summed E-state index contributed by atoms with van der Waals surface area (Å²) in [6, 6.07) is 6.52. The lowest BCUT2D eigenvalue weighted by atomic mass is 9.97. The molecule has 1 N–H and O–H groups in total. The van der Waals surface area contributed by atoms with Crippen LogP contribution in [0.4, 0.5) is 0 Å². The summed E-state index contributed by atoms with van der Waals surface area (Å²) in [5.74, 6) is 0.543. The van der Waals surface area contributed by atoms with Gasteiger partial charge in [-0.1, -0.05) is 23.8 Å². The van der Waals surface area contributed by atoms with Gasteiger partial charge in [-0.15, -0.1) is 0 Å². The Labute approximate surface area is 108 Å². The Morgan fingerprint density at radius 1 is 1.06 bits per heavy atom. The number of ether oxygens (including phenoxy) is 2. The van der Waals surface area contributed by atoms with Gasteiger partial charge in [0.2, 0.25) is 0 Å². The molecule has 1 unspecified atom stereocenters. The molecule has 0 aromatic heterocycles. The normalized spacial score (nSPS) is 25.5. The van der Waals surface area contributed by atoms with E-state index in [4.69, 9.17) is 9.47 Å². The zero-order valence-corrected chi connectivity index (χ0v) is 10.9. The van der Waals surface area contributed by atoms with E-state index in [1.807, 2.05) is 0 Å². The van der Waals surface area contributed by atoms with Crippen LogP contribution in [0.1, 0.15) is 29.5 Å². The summed E-state index contributed by atoms with van der Waals surface area (Å²) in [4.78, 5) is 0. The molecule has 0 saturated carbocycles. The van der Waals surface area contributed by atoms with Gasteiger partial charge in [-0.2, -0.15) is 0 Å². The van der Waals surface area contributed by atoms with Gasteiger partial charge < -0.3 is 14.8 Å². The molecule has 1 aromatic rings. The summed E-state index contributed by atoms with van der Waals surface area (Å²) in [6.45, 7) is 5.66. The first-order chi connectivity index (χ1) is 8.83. The summed E-state index contributed by atoms with van der Waals surface area (Å²) in [5.41, 5.74) is 3.85. The highest BCUT2D eigenvalue weighted by Crippen LogP contribution is 2.26. The Bertz CT molecular complexity index is 413. The fourth-order valence-corrected chi connectivity index (χ4v) is 2.81. The third-order valence-corrected chi connectivity index (χ3v) is 3.94. The van der Waals surface area contributed by atoms with Crippen molar-refractivity contribution in [3.05, 3.63) is 34.9 Å². The van der Waals surface area contributed by atoms with Crippen molar-refractivity contribution in [3.8, 4) is 0 Å². The number of fused-ring (bicyclic) bond motifs is 1. The van der Waals surface area contributed by atoms with E-state index in [1.165, 1.54) is 16.7 Å². The second kappa shape index (κ2) is 5.39. The fourth-order valence-electron chi connectivity index (χ4n) is 2.81. The number of benzene rings is 1. The molecule has 1 atom stereocenters. The van der Waals surface area contributed by atoms with Crippen molar-refractivity contribution in [1.82, 2.24) is 5.32 Å². The van der Waals surface area contributed by atoms with Crippen molar-refractivity contribution in [2.45, 2.75) is 39.3 Å². The van der Waals surface area contributed by atoms with E-state index < -0.39 is 0 Å². The molecule has 98 valence electrons. The van der Waals surface area contributed by atoms with Crippen molar-refractivity contribution in [2.75, 3.05) is 13.1 Å². The fraction of sp³-hybridized carbons (Fsp3) is 0.600. The maximum atomic E-state index is 5.97. The zero-order chi connectivity index (χ0) is 12.4. The molecule has 1 saturated heterocycles. The van der Waals surface area contributed by atoms with Gasteiger partial charge in [-0.25, -0.2) is 0 Å². The number of piperidine rings is 1. The number of hydrogen-bond donors (Lipinski definition) is 1. The molecule has 2 aliphatic rings. The molecule has 0 spiro atoms. The van der Waals surface area contributed by atoms with Crippen LogP contribution in [0.3, 0.4) is 0 Å². The molecule has 0 radical (unpaired) electrons. The van der Waals surface area contributed by atoms with E-state index in [0.29, 0.717) is 19.1 Å². The number of rotatable bonds is 1. The Morgan fingerprint density at radius 2 is 1.78 bits per heavy atom. The van der Waals surface area contributed by atoms with Crippen molar-refractivity contribution in [2.24, 2.45) is 5.92 Å². The molecule has 0 bridgehead atoms. The van der Waals surface area contributed by atoms with Gasteiger partial charge in [-0.3, -0.25) is 0 Å². The molecule has 0 amide bonds. The van der Waals surface area contributed by atoms with Crippen LogP contribution in [0.2, 0.25) is 0 Å². The summed E-state index contributed by atoms with van der Waals surface area (Å²) in [5, 5.41) is 3.38. The van der Waals surface area contributed by atoms with E-state index in [9.17, 15) is 0 Å². The average molecular weight is 247 g/mol. The number of aryl methyl sites for hydroxylation is 1. The van der Waals surface area contributed by atoms with E-state index >= 15 is 0 Å². The van der Waals surface area contributed by atoms with Gasteiger partial charge in [0.15, 0.2) is 6.29 Å². The highest BCUT2D eigenvalue weighted by molar-refractivity contribution is 5.31. The van der Waals surface area contributed by atoms with Crippen molar-refractivity contribution < 1.29 is 9.47 Å². The number of nitrogens with one attached hydrogen (secondary N) is 1. The molecule has 2 heterocycles. The van der Waals surface area contributed by atoms with E-state index in [-0.39, 0.29) is 6.29 Å².